The molecule has 0 amide bonds. The number of benzene rings is 2. The summed E-state index contributed by atoms with van der Waals surface area (Å²) in [6.07, 6.45) is 7.12. The molecule has 0 aliphatic rings. The molecule has 2 aromatic carbocycles. The van der Waals surface area contributed by atoms with Crippen LogP contribution in [0.1, 0.15) is 48.9 Å². The van der Waals surface area contributed by atoms with E-state index in [1.165, 1.54) is 60.0 Å². The molecule has 32 heavy (non-hydrogen) atoms. The molecule has 0 unspecified atom stereocenters. The Morgan fingerprint density at radius 3 is 1.06 bits per heavy atom. The van der Waals surface area contributed by atoms with Crippen molar-refractivity contribution in [3.05, 3.63) is 70.8 Å². The van der Waals surface area contributed by atoms with Crippen LogP contribution in [0, 0.1) is 0 Å². The van der Waals surface area contributed by atoms with E-state index in [0.717, 1.165) is 12.8 Å². The molecule has 2 rings (SSSR count). The van der Waals surface area contributed by atoms with Crippen LogP contribution in [0.25, 0.3) is 0 Å². The zero-order chi connectivity index (χ0) is 24.0. The number of aryl methyl sites for hydroxylation is 4. The zero-order valence-electron chi connectivity index (χ0n) is 22.1. The molecule has 0 bridgehead atoms. The van der Waals surface area contributed by atoms with E-state index in [0.29, 0.717) is 0 Å². The van der Waals surface area contributed by atoms with Crippen molar-refractivity contribution in [1.82, 2.24) is 0 Å². The van der Waals surface area contributed by atoms with E-state index in [9.17, 15) is 0 Å². The van der Waals surface area contributed by atoms with Crippen LogP contribution in [0.4, 0.5) is 0 Å². The number of hydrogen-bond acceptors (Lipinski definition) is 2. The summed E-state index contributed by atoms with van der Waals surface area (Å²) in [6.45, 7) is 13.5. The van der Waals surface area contributed by atoms with Crippen LogP contribution in [0.2, 0.25) is 38.3 Å². The molecule has 0 aromatic heterocycles. The van der Waals surface area contributed by atoms with Crippen LogP contribution in [-0.4, -0.2) is 30.9 Å². The highest BCUT2D eigenvalue weighted by Crippen LogP contribution is 2.17. The SMILES string of the molecule is CCc1ccc(CCC[Si](C)(C)OC)cc1.CCc1ccc(CCC[Si](C)(C)OC)cc1. The van der Waals surface area contributed by atoms with Crippen LogP contribution in [-0.2, 0) is 34.5 Å². The van der Waals surface area contributed by atoms with Crippen molar-refractivity contribution in [3.63, 3.8) is 0 Å². The monoisotopic (exact) mass is 472 g/mol. The van der Waals surface area contributed by atoms with Gasteiger partial charge in [0, 0.05) is 14.2 Å². The van der Waals surface area contributed by atoms with Crippen LogP contribution in [0.15, 0.2) is 48.5 Å². The van der Waals surface area contributed by atoms with E-state index < -0.39 is 16.6 Å². The van der Waals surface area contributed by atoms with Gasteiger partial charge in [0.1, 0.15) is 0 Å². The molecule has 0 N–H and O–H groups in total. The lowest BCUT2D eigenvalue weighted by atomic mass is 10.1. The van der Waals surface area contributed by atoms with Crippen LogP contribution in [0.5, 0.6) is 0 Å². The Kier molecular flexibility index (Phi) is 13.4. The van der Waals surface area contributed by atoms with Crippen LogP contribution < -0.4 is 0 Å². The number of hydrogen-bond donors (Lipinski definition) is 0. The highest BCUT2D eigenvalue weighted by Gasteiger charge is 2.20. The van der Waals surface area contributed by atoms with Gasteiger partial charge in [-0.1, -0.05) is 62.4 Å². The number of rotatable bonds is 12. The average Bonchev–Trinajstić information content (AvgIpc) is 2.80. The maximum Gasteiger partial charge on any atom is 0.186 e. The minimum Gasteiger partial charge on any atom is -0.420 e. The third kappa shape index (κ3) is 12.1. The Morgan fingerprint density at radius 1 is 0.531 bits per heavy atom. The van der Waals surface area contributed by atoms with Crippen LogP contribution >= 0.6 is 0 Å². The van der Waals surface area contributed by atoms with Gasteiger partial charge in [0.15, 0.2) is 16.6 Å². The van der Waals surface area contributed by atoms with E-state index in [-0.39, 0.29) is 0 Å². The molecule has 0 fully saturated rings. The van der Waals surface area contributed by atoms with E-state index in [4.69, 9.17) is 8.85 Å². The minimum absolute atomic E-state index is 1.13. The summed E-state index contributed by atoms with van der Waals surface area (Å²) < 4.78 is 11.1. The highest BCUT2D eigenvalue weighted by molar-refractivity contribution is 6.71. The summed E-state index contributed by atoms with van der Waals surface area (Å²) in [7, 11) is 1.00. The predicted octanol–water partition coefficient (Wildman–Crippen LogP) is 8.07. The molecule has 0 aliphatic carbocycles. The van der Waals surface area contributed by atoms with Gasteiger partial charge in [-0.05, 0) is 99.1 Å². The van der Waals surface area contributed by atoms with Gasteiger partial charge in [-0.3, -0.25) is 0 Å². The lowest BCUT2D eigenvalue weighted by molar-refractivity contribution is 0.401. The summed E-state index contributed by atoms with van der Waals surface area (Å²) in [5.74, 6) is 0. The molecule has 0 spiro atoms. The second-order valence-electron chi connectivity index (χ2n) is 9.97. The molecule has 0 radical (unpaired) electrons. The molecule has 2 nitrogen and oxygen atoms in total. The maximum atomic E-state index is 5.55. The lowest BCUT2D eigenvalue weighted by Crippen LogP contribution is -2.28. The normalized spacial score (nSPS) is 11.8. The van der Waals surface area contributed by atoms with Crippen molar-refractivity contribution in [2.24, 2.45) is 0 Å². The van der Waals surface area contributed by atoms with Crippen LogP contribution in [0.3, 0.4) is 0 Å². The standard InChI is InChI=1S/2C14H24OSi/c2*1-5-13-8-10-14(11-9-13)7-6-12-16(3,4)15-2/h2*8-11H,5-7,12H2,1-4H3. The quantitative estimate of drug-likeness (QED) is 0.291. The summed E-state index contributed by atoms with van der Waals surface area (Å²) in [6, 6.07) is 20.5. The first-order chi connectivity index (χ1) is 15.1. The molecule has 0 atom stereocenters. The fourth-order valence-electron chi connectivity index (χ4n) is 3.52. The third-order valence-corrected chi connectivity index (χ3v) is 11.8. The van der Waals surface area contributed by atoms with Gasteiger partial charge in [0.25, 0.3) is 0 Å². The molecular formula is C28H48O2Si2. The van der Waals surface area contributed by atoms with Gasteiger partial charge in [-0.25, -0.2) is 0 Å². The van der Waals surface area contributed by atoms with Gasteiger partial charge < -0.3 is 8.85 Å². The molecule has 0 aliphatic heterocycles. The first-order valence-corrected chi connectivity index (χ1v) is 18.6. The first kappa shape index (κ1) is 28.8. The summed E-state index contributed by atoms with van der Waals surface area (Å²) >= 11 is 0. The topological polar surface area (TPSA) is 18.5 Å². The second-order valence-corrected chi connectivity index (χ2v) is 18.8. The molecule has 4 heteroatoms. The largest absolute Gasteiger partial charge is 0.420 e. The minimum atomic E-state index is -1.35. The molecule has 0 saturated heterocycles. The Morgan fingerprint density at radius 2 is 0.812 bits per heavy atom. The van der Waals surface area contributed by atoms with Crippen molar-refractivity contribution < 1.29 is 8.85 Å². The second kappa shape index (κ2) is 14.8. The van der Waals surface area contributed by atoms with Gasteiger partial charge in [0.2, 0.25) is 0 Å². The van der Waals surface area contributed by atoms with Crippen molar-refractivity contribution >= 4 is 16.6 Å². The molecule has 180 valence electrons. The Balaban J connectivity index is 0.000000320. The van der Waals surface area contributed by atoms with Crippen molar-refractivity contribution in [2.75, 3.05) is 14.2 Å². The molecular weight excluding hydrogens is 424 g/mol. The summed E-state index contributed by atoms with van der Waals surface area (Å²) in [4.78, 5) is 0. The Labute approximate surface area is 201 Å². The Bertz CT molecular complexity index is 672. The van der Waals surface area contributed by atoms with Gasteiger partial charge >= 0.3 is 0 Å². The maximum absolute atomic E-state index is 5.55. The van der Waals surface area contributed by atoms with Gasteiger partial charge in [0.05, 0.1) is 0 Å². The predicted molar refractivity (Wildman–Crippen MR) is 147 cm³/mol. The Hall–Kier alpha value is -1.21. The molecule has 0 saturated carbocycles. The third-order valence-electron chi connectivity index (χ3n) is 6.46. The van der Waals surface area contributed by atoms with E-state index in [1.807, 2.05) is 14.2 Å². The molecule has 2 aromatic rings. The van der Waals surface area contributed by atoms with E-state index >= 15 is 0 Å². The fraction of sp³-hybridized carbons (Fsp3) is 0.571. The average molecular weight is 473 g/mol. The smallest absolute Gasteiger partial charge is 0.186 e. The summed E-state index contributed by atoms with van der Waals surface area (Å²) in [5, 5.41) is 0. The van der Waals surface area contributed by atoms with Crippen molar-refractivity contribution in [3.8, 4) is 0 Å². The van der Waals surface area contributed by atoms with Crippen molar-refractivity contribution in [1.29, 1.82) is 0 Å². The fourth-order valence-corrected chi connectivity index (χ4v) is 5.99. The first-order valence-electron chi connectivity index (χ1n) is 12.4. The molecule has 0 heterocycles. The zero-order valence-corrected chi connectivity index (χ0v) is 24.1. The van der Waals surface area contributed by atoms with Gasteiger partial charge in [-0.2, -0.15) is 0 Å². The lowest BCUT2D eigenvalue weighted by Gasteiger charge is -2.19. The van der Waals surface area contributed by atoms with Crippen molar-refractivity contribution in [2.45, 2.75) is 90.6 Å². The highest BCUT2D eigenvalue weighted by atomic mass is 28.4. The van der Waals surface area contributed by atoms with E-state index in [2.05, 4.69) is 88.6 Å². The summed E-state index contributed by atoms with van der Waals surface area (Å²) in [5.41, 5.74) is 5.77. The van der Waals surface area contributed by atoms with E-state index in [1.54, 1.807) is 0 Å². The van der Waals surface area contributed by atoms with Gasteiger partial charge in [-0.15, -0.1) is 0 Å².